The summed E-state index contributed by atoms with van der Waals surface area (Å²) in [5.74, 6) is 0.487. The summed E-state index contributed by atoms with van der Waals surface area (Å²) in [6, 6.07) is 7.01. The number of nitrogens with two attached hydrogens (primary N) is 1. The maximum Gasteiger partial charge on any atom is 0.322 e. The molecular weight excluding hydrogens is 276 g/mol. The lowest BCUT2D eigenvalue weighted by Crippen LogP contribution is -2.32. The second kappa shape index (κ2) is 8.60. The minimum Gasteiger partial charge on any atom is -0.468 e. The Kier molecular flexibility index (Phi) is 7.11. The molecule has 0 radical (unpaired) electrons. The number of benzene rings is 1. The minimum atomic E-state index is -0.618. The summed E-state index contributed by atoms with van der Waals surface area (Å²) in [6.45, 7) is 1.97. The number of rotatable bonds is 7. The van der Waals surface area contributed by atoms with Gasteiger partial charge in [-0.25, -0.2) is 0 Å². The van der Waals surface area contributed by atoms with Crippen molar-refractivity contribution < 1.29 is 14.3 Å². The van der Waals surface area contributed by atoms with E-state index in [2.05, 4.69) is 10.1 Å². The van der Waals surface area contributed by atoms with Gasteiger partial charge in [-0.05, 0) is 36.8 Å². The molecule has 1 rings (SSSR count). The molecule has 0 aliphatic heterocycles. The molecule has 1 unspecified atom stereocenters. The van der Waals surface area contributed by atoms with Crippen LogP contribution in [0.3, 0.4) is 0 Å². The fourth-order valence-electron chi connectivity index (χ4n) is 1.56. The van der Waals surface area contributed by atoms with Crippen LogP contribution in [0.5, 0.6) is 0 Å². The Labute approximate surface area is 123 Å². The molecule has 0 spiro atoms. The van der Waals surface area contributed by atoms with Crippen molar-refractivity contribution in [3.05, 3.63) is 29.8 Å². The van der Waals surface area contributed by atoms with E-state index in [1.807, 2.05) is 31.2 Å². The van der Waals surface area contributed by atoms with Crippen LogP contribution in [0.4, 0.5) is 5.69 Å². The molecule has 1 aromatic rings. The Bertz CT molecular complexity index is 465. The van der Waals surface area contributed by atoms with Crippen molar-refractivity contribution in [3.8, 4) is 0 Å². The van der Waals surface area contributed by atoms with Gasteiger partial charge in [-0.1, -0.05) is 12.1 Å². The average Bonchev–Trinajstić information content (AvgIpc) is 2.42. The Morgan fingerprint density at radius 3 is 2.85 bits per heavy atom. The zero-order valence-electron chi connectivity index (χ0n) is 11.7. The zero-order valence-corrected chi connectivity index (χ0v) is 12.5. The maximum atomic E-state index is 11.7. The molecular formula is C14H20N2O3S. The van der Waals surface area contributed by atoms with Gasteiger partial charge in [0.25, 0.3) is 0 Å². The number of anilines is 1. The van der Waals surface area contributed by atoms with E-state index < -0.39 is 12.0 Å². The molecule has 1 amide bonds. The number of carbonyl (C=O) groups is 2. The topological polar surface area (TPSA) is 81.4 Å². The summed E-state index contributed by atoms with van der Waals surface area (Å²) in [5, 5.41) is 2.82. The number of hydrogen-bond donors (Lipinski definition) is 2. The average molecular weight is 296 g/mol. The van der Waals surface area contributed by atoms with E-state index in [0.717, 1.165) is 11.3 Å². The fraction of sp³-hybridized carbons (Fsp3) is 0.429. The van der Waals surface area contributed by atoms with Crippen molar-refractivity contribution in [3.63, 3.8) is 0 Å². The van der Waals surface area contributed by atoms with Crippen LogP contribution in [0.15, 0.2) is 24.3 Å². The normalized spacial score (nSPS) is 11.8. The van der Waals surface area contributed by atoms with Crippen LogP contribution in [-0.4, -0.2) is 36.5 Å². The van der Waals surface area contributed by atoms with E-state index in [1.54, 1.807) is 0 Å². The van der Waals surface area contributed by atoms with Crippen LogP contribution in [0.2, 0.25) is 0 Å². The Morgan fingerprint density at radius 1 is 1.45 bits per heavy atom. The largest absolute Gasteiger partial charge is 0.468 e. The number of nitrogens with one attached hydrogen (secondary N) is 1. The van der Waals surface area contributed by atoms with Gasteiger partial charge in [-0.15, -0.1) is 0 Å². The zero-order chi connectivity index (χ0) is 15.0. The van der Waals surface area contributed by atoms with E-state index in [4.69, 9.17) is 5.73 Å². The molecule has 5 nitrogen and oxygen atoms in total. The summed E-state index contributed by atoms with van der Waals surface area (Å²) in [4.78, 5) is 22.8. The third kappa shape index (κ3) is 6.08. The van der Waals surface area contributed by atoms with Crippen LogP contribution in [0, 0.1) is 6.92 Å². The highest BCUT2D eigenvalue weighted by molar-refractivity contribution is 7.99. The van der Waals surface area contributed by atoms with E-state index in [-0.39, 0.29) is 5.91 Å². The lowest BCUT2D eigenvalue weighted by atomic mass is 10.2. The third-order valence-corrected chi connectivity index (χ3v) is 3.60. The lowest BCUT2D eigenvalue weighted by molar-refractivity contribution is -0.142. The van der Waals surface area contributed by atoms with Crippen molar-refractivity contribution >= 4 is 29.3 Å². The Balaban J connectivity index is 2.22. The first-order chi connectivity index (χ1) is 9.52. The summed E-state index contributed by atoms with van der Waals surface area (Å²) >= 11 is 1.44. The number of thioether (sulfide) groups is 1. The predicted molar refractivity (Wildman–Crippen MR) is 81.7 cm³/mol. The van der Waals surface area contributed by atoms with E-state index in [0.29, 0.717) is 17.9 Å². The molecule has 20 heavy (non-hydrogen) atoms. The molecule has 3 N–H and O–H groups in total. The molecule has 0 bridgehead atoms. The number of carbonyl (C=O) groups excluding carboxylic acids is 2. The number of methoxy groups -OCH3 is 1. The predicted octanol–water partition coefficient (Wildman–Crippen LogP) is 1.56. The molecule has 0 heterocycles. The summed E-state index contributed by atoms with van der Waals surface area (Å²) < 4.78 is 4.53. The van der Waals surface area contributed by atoms with E-state index in [1.165, 1.54) is 18.9 Å². The molecule has 0 aliphatic carbocycles. The molecule has 110 valence electrons. The van der Waals surface area contributed by atoms with Gasteiger partial charge in [0.2, 0.25) is 5.91 Å². The molecule has 0 saturated carbocycles. The highest BCUT2D eigenvalue weighted by Crippen LogP contribution is 2.11. The SMILES string of the molecule is COC(=O)C(N)CCSCC(=O)Nc1cccc(C)c1. The van der Waals surface area contributed by atoms with Crippen molar-refractivity contribution in [2.24, 2.45) is 5.73 Å². The van der Waals surface area contributed by atoms with Crippen LogP contribution < -0.4 is 11.1 Å². The van der Waals surface area contributed by atoms with Gasteiger partial charge < -0.3 is 15.8 Å². The van der Waals surface area contributed by atoms with Crippen LogP contribution in [0.1, 0.15) is 12.0 Å². The molecule has 6 heteroatoms. The summed E-state index contributed by atoms with van der Waals surface area (Å²) in [7, 11) is 1.31. The van der Waals surface area contributed by atoms with Crippen molar-refractivity contribution in [2.45, 2.75) is 19.4 Å². The highest BCUT2D eigenvalue weighted by atomic mass is 32.2. The van der Waals surface area contributed by atoms with Crippen molar-refractivity contribution in [1.82, 2.24) is 0 Å². The van der Waals surface area contributed by atoms with Gasteiger partial charge in [0.1, 0.15) is 6.04 Å². The standard InChI is InChI=1S/C14H20N2O3S/c1-10-4-3-5-11(8-10)16-13(17)9-20-7-6-12(15)14(18)19-2/h3-5,8,12H,6-7,9,15H2,1-2H3,(H,16,17). The van der Waals surface area contributed by atoms with Gasteiger partial charge in [0, 0.05) is 5.69 Å². The van der Waals surface area contributed by atoms with E-state index in [9.17, 15) is 9.59 Å². The van der Waals surface area contributed by atoms with Gasteiger partial charge in [-0.3, -0.25) is 9.59 Å². The van der Waals surface area contributed by atoms with Gasteiger partial charge >= 0.3 is 5.97 Å². The maximum absolute atomic E-state index is 11.7. The quantitative estimate of drug-likeness (QED) is 0.589. The van der Waals surface area contributed by atoms with Gasteiger partial charge in [0.15, 0.2) is 0 Å². The first-order valence-electron chi connectivity index (χ1n) is 6.30. The second-order valence-electron chi connectivity index (χ2n) is 4.39. The summed E-state index contributed by atoms with van der Waals surface area (Å²) in [6.07, 6.45) is 0.495. The molecule has 1 aromatic carbocycles. The third-order valence-electron chi connectivity index (χ3n) is 2.61. The van der Waals surface area contributed by atoms with Gasteiger partial charge in [-0.2, -0.15) is 11.8 Å². The van der Waals surface area contributed by atoms with Crippen LogP contribution in [-0.2, 0) is 14.3 Å². The fourth-order valence-corrected chi connectivity index (χ4v) is 2.39. The first-order valence-corrected chi connectivity index (χ1v) is 7.46. The smallest absolute Gasteiger partial charge is 0.322 e. The molecule has 0 aliphatic rings. The number of amides is 1. The second-order valence-corrected chi connectivity index (χ2v) is 5.49. The molecule has 0 aromatic heterocycles. The molecule has 1 atom stereocenters. The number of hydrogen-bond acceptors (Lipinski definition) is 5. The minimum absolute atomic E-state index is 0.0627. The molecule has 0 fully saturated rings. The van der Waals surface area contributed by atoms with Crippen molar-refractivity contribution in [1.29, 1.82) is 0 Å². The van der Waals surface area contributed by atoms with Crippen LogP contribution >= 0.6 is 11.8 Å². The highest BCUT2D eigenvalue weighted by Gasteiger charge is 2.13. The Morgan fingerprint density at radius 2 is 2.20 bits per heavy atom. The number of esters is 1. The van der Waals surface area contributed by atoms with E-state index >= 15 is 0 Å². The van der Waals surface area contributed by atoms with Crippen molar-refractivity contribution in [2.75, 3.05) is 23.9 Å². The summed E-state index contributed by atoms with van der Waals surface area (Å²) in [5.41, 5.74) is 7.49. The van der Waals surface area contributed by atoms with Crippen LogP contribution in [0.25, 0.3) is 0 Å². The molecule has 0 saturated heterocycles. The lowest BCUT2D eigenvalue weighted by Gasteiger charge is -2.09. The Hall–Kier alpha value is -1.53. The number of aryl methyl sites for hydroxylation is 1. The van der Waals surface area contributed by atoms with Gasteiger partial charge in [0.05, 0.1) is 12.9 Å². The number of ether oxygens (including phenoxy) is 1. The monoisotopic (exact) mass is 296 g/mol. The first kappa shape index (κ1) is 16.5.